The van der Waals surface area contributed by atoms with Crippen molar-refractivity contribution in [2.45, 2.75) is 58.4 Å². The lowest BCUT2D eigenvalue weighted by molar-refractivity contribution is 0.251. The standard InChI is InChI=1S/C16H24N2O/c1-10(2)14-8-7-13(9-15(14)11(3)4)18-16(19)17-12-5-6-12/h7-12H,5-6H2,1-4H3,(H2,17,18,19). The number of benzene rings is 1. The maximum Gasteiger partial charge on any atom is 0.319 e. The molecule has 3 heteroatoms. The van der Waals surface area contributed by atoms with E-state index in [0.717, 1.165) is 18.5 Å². The predicted octanol–water partition coefficient (Wildman–Crippen LogP) is 4.22. The Kier molecular flexibility index (Phi) is 4.13. The second-order valence-electron chi connectivity index (χ2n) is 6.03. The number of anilines is 1. The fourth-order valence-corrected chi connectivity index (χ4v) is 2.26. The van der Waals surface area contributed by atoms with Gasteiger partial charge in [-0.25, -0.2) is 4.79 Å². The van der Waals surface area contributed by atoms with Gasteiger partial charge in [0.1, 0.15) is 0 Å². The molecule has 0 radical (unpaired) electrons. The third kappa shape index (κ3) is 3.72. The summed E-state index contributed by atoms with van der Waals surface area (Å²) >= 11 is 0. The molecule has 1 aromatic rings. The summed E-state index contributed by atoms with van der Waals surface area (Å²) in [5, 5.41) is 5.86. The first kappa shape index (κ1) is 13.9. The van der Waals surface area contributed by atoms with Crippen molar-refractivity contribution in [3.63, 3.8) is 0 Å². The van der Waals surface area contributed by atoms with Crippen LogP contribution in [0.5, 0.6) is 0 Å². The molecule has 0 aliphatic heterocycles. The molecule has 1 aliphatic carbocycles. The number of amides is 2. The molecule has 2 amide bonds. The molecule has 2 N–H and O–H groups in total. The normalized spacial score (nSPS) is 14.8. The molecule has 0 spiro atoms. The van der Waals surface area contributed by atoms with E-state index in [1.54, 1.807) is 0 Å². The second kappa shape index (κ2) is 5.64. The molecule has 1 saturated carbocycles. The zero-order valence-electron chi connectivity index (χ0n) is 12.3. The first-order valence-electron chi connectivity index (χ1n) is 7.18. The molecule has 1 aromatic carbocycles. The molecule has 0 heterocycles. The lowest BCUT2D eigenvalue weighted by Gasteiger charge is -2.17. The van der Waals surface area contributed by atoms with Crippen molar-refractivity contribution in [1.82, 2.24) is 5.32 Å². The minimum atomic E-state index is -0.0884. The van der Waals surface area contributed by atoms with E-state index in [-0.39, 0.29) is 6.03 Å². The van der Waals surface area contributed by atoms with Crippen molar-refractivity contribution in [3.05, 3.63) is 29.3 Å². The first-order valence-corrected chi connectivity index (χ1v) is 7.18. The zero-order valence-corrected chi connectivity index (χ0v) is 12.3. The number of hydrogen-bond donors (Lipinski definition) is 2. The molecule has 0 aromatic heterocycles. The van der Waals surface area contributed by atoms with Crippen LogP contribution in [0.1, 0.15) is 63.5 Å². The fraction of sp³-hybridized carbons (Fsp3) is 0.562. The van der Waals surface area contributed by atoms with E-state index in [9.17, 15) is 4.79 Å². The molecule has 0 atom stereocenters. The van der Waals surface area contributed by atoms with Crippen molar-refractivity contribution < 1.29 is 4.79 Å². The van der Waals surface area contributed by atoms with Gasteiger partial charge in [-0.3, -0.25) is 0 Å². The maximum atomic E-state index is 11.7. The molecule has 0 saturated heterocycles. The third-order valence-corrected chi connectivity index (χ3v) is 3.50. The molecule has 19 heavy (non-hydrogen) atoms. The minimum absolute atomic E-state index is 0.0884. The molecule has 0 unspecified atom stereocenters. The van der Waals surface area contributed by atoms with Gasteiger partial charge >= 0.3 is 6.03 Å². The van der Waals surface area contributed by atoms with Gasteiger partial charge in [-0.15, -0.1) is 0 Å². The number of carbonyl (C=O) groups excluding carboxylic acids is 1. The van der Waals surface area contributed by atoms with Gasteiger partial charge in [-0.05, 0) is 47.9 Å². The van der Waals surface area contributed by atoms with Crippen LogP contribution in [-0.2, 0) is 0 Å². The van der Waals surface area contributed by atoms with Crippen LogP contribution in [0.15, 0.2) is 18.2 Å². The van der Waals surface area contributed by atoms with Gasteiger partial charge in [0.25, 0.3) is 0 Å². The minimum Gasteiger partial charge on any atom is -0.335 e. The average molecular weight is 260 g/mol. The van der Waals surface area contributed by atoms with Crippen LogP contribution < -0.4 is 10.6 Å². The van der Waals surface area contributed by atoms with Gasteiger partial charge in [-0.2, -0.15) is 0 Å². The highest BCUT2D eigenvalue weighted by molar-refractivity contribution is 5.89. The third-order valence-electron chi connectivity index (χ3n) is 3.50. The van der Waals surface area contributed by atoms with Crippen molar-refractivity contribution in [2.75, 3.05) is 5.32 Å². The van der Waals surface area contributed by atoms with Gasteiger partial charge in [0.2, 0.25) is 0 Å². The van der Waals surface area contributed by atoms with Gasteiger partial charge < -0.3 is 10.6 Å². The first-order chi connectivity index (χ1) is 8.97. The van der Waals surface area contributed by atoms with E-state index in [1.807, 2.05) is 6.07 Å². The van der Waals surface area contributed by atoms with Crippen LogP contribution in [0, 0.1) is 0 Å². The molecular weight excluding hydrogens is 236 g/mol. The van der Waals surface area contributed by atoms with Crippen LogP contribution in [-0.4, -0.2) is 12.1 Å². The maximum absolute atomic E-state index is 11.7. The zero-order chi connectivity index (χ0) is 14.0. The number of hydrogen-bond acceptors (Lipinski definition) is 1. The summed E-state index contributed by atoms with van der Waals surface area (Å²) in [6, 6.07) is 6.53. The summed E-state index contributed by atoms with van der Waals surface area (Å²) in [6.45, 7) is 8.78. The fourth-order valence-electron chi connectivity index (χ4n) is 2.26. The van der Waals surface area contributed by atoms with Gasteiger partial charge in [0, 0.05) is 11.7 Å². The van der Waals surface area contributed by atoms with Crippen LogP contribution in [0.25, 0.3) is 0 Å². The summed E-state index contributed by atoms with van der Waals surface area (Å²) in [5.74, 6) is 0.970. The smallest absolute Gasteiger partial charge is 0.319 e. The van der Waals surface area contributed by atoms with Crippen LogP contribution in [0.2, 0.25) is 0 Å². The van der Waals surface area contributed by atoms with E-state index in [2.05, 4.69) is 50.5 Å². The highest BCUT2D eigenvalue weighted by Crippen LogP contribution is 2.29. The van der Waals surface area contributed by atoms with Crippen molar-refractivity contribution in [3.8, 4) is 0 Å². The topological polar surface area (TPSA) is 41.1 Å². The largest absolute Gasteiger partial charge is 0.335 e. The summed E-state index contributed by atoms with van der Waals surface area (Å²) in [6.07, 6.45) is 2.22. The molecular formula is C16H24N2O. The van der Waals surface area contributed by atoms with E-state index in [0.29, 0.717) is 17.9 Å². The van der Waals surface area contributed by atoms with E-state index in [1.165, 1.54) is 11.1 Å². The van der Waals surface area contributed by atoms with Crippen LogP contribution in [0.4, 0.5) is 10.5 Å². The van der Waals surface area contributed by atoms with Gasteiger partial charge in [0.05, 0.1) is 0 Å². The quantitative estimate of drug-likeness (QED) is 0.836. The highest BCUT2D eigenvalue weighted by atomic mass is 16.2. The Bertz CT molecular complexity index is 462. The SMILES string of the molecule is CC(C)c1ccc(NC(=O)NC2CC2)cc1C(C)C. The number of urea groups is 1. The average Bonchev–Trinajstić information content (AvgIpc) is 3.12. The van der Waals surface area contributed by atoms with Gasteiger partial charge in [-0.1, -0.05) is 33.8 Å². The van der Waals surface area contributed by atoms with E-state index < -0.39 is 0 Å². The summed E-state index contributed by atoms with van der Waals surface area (Å²) in [5.41, 5.74) is 3.56. The van der Waals surface area contributed by atoms with Crippen LogP contribution in [0.3, 0.4) is 0 Å². The summed E-state index contributed by atoms with van der Waals surface area (Å²) < 4.78 is 0. The van der Waals surface area contributed by atoms with E-state index in [4.69, 9.17) is 0 Å². The van der Waals surface area contributed by atoms with Crippen molar-refractivity contribution in [1.29, 1.82) is 0 Å². The number of nitrogens with one attached hydrogen (secondary N) is 2. The Labute approximate surface area is 115 Å². The Hall–Kier alpha value is -1.51. The molecule has 104 valence electrons. The Balaban J connectivity index is 2.12. The monoisotopic (exact) mass is 260 g/mol. The highest BCUT2D eigenvalue weighted by Gasteiger charge is 2.23. The lowest BCUT2D eigenvalue weighted by Crippen LogP contribution is -2.30. The summed E-state index contributed by atoms with van der Waals surface area (Å²) in [7, 11) is 0. The second-order valence-corrected chi connectivity index (χ2v) is 6.03. The van der Waals surface area contributed by atoms with E-state index >= 15 is 0 Å². The molecule has 1 fully saturated rings. The predicted molar refractivity (Wildman–Crippen MR) is 79.8 cm³/mol. The molecule has 1 aliphatic rings. The molecule has 2 rings (SSSR count). The molecule has 3 nitrogen and oxygen atoms in total. The molecule has 0 bridgehead atoms. The number of rotatable bonds is 4. The number of carbonyl (C=O) groups is 1. The van der Waals surface area contributed by atoms with Crippen molar-refractivity contribution in [2.24, 2.45) is 0 Å². The Morgan fingerprint density at radius 2 is 1.74 bits per heavy atom. The Morgan fingerprint density at radius 3 is 2.26 bits per heavy atom. The summed E-state index contributed by atoms with van der Waals surface area (Å²) in [4.78, 5) is 11.7. The Morgan fingerprint density at radius 1 is 1.11 bits per heavy atom. The van der Waals surface area contributed by atoms with Crippen LogP contribution >= 0.6 is 0 Å². The lowest BCUT2D eigenvalue weighted by atomic mass is 9.90. The van der Waals surface area contributed by atoms with Crippen molar-refractivity contribution >= 4 is 11.7 Å². The van der Waals surface area contributed by atoms with Gasteiger partial charge in [0.15, 0.2) is 0 Å².